The number of halogens is 13. The fourth-order valence-corrected chi connectivity index (χ4v) is 2.40. The molecule has 1 aromatic rings. The molecule has 33 heavy (non-hydrogen) atoms. The number of rotatable bonds is 8. The minimum Gasteiger partial charge on any atom is -0.488 e. The Morgan fingerprint density at radius 2 is 1.06 bits per heavy atom. The Labute approximate surface area is 178 Å². The van der Waals surface area contributed by atoms with Gasteiger partial charge in [-0.1, -0.05) is 12.1 Å². The summed E-state index contributed by atoms with van der Waals surface area (Å²) < 4.78 is 176. The fourth-order valence-electron chi connectivity index (χ4n) is 2.40. The van der Waals surface area contributed by atoms with Crippen molar-refractivity contribution in [3.8, 4) is 5.75 Å². The minimum atomic E-state index is -7.97. The molecule has 1 aromatic carbocycles. The summed E-state index contributed by atoms with van der Waals surface area (Å²) in [6, 6.07) is 3.74. The quantitative estimate of drug-likeness (QED) is 0.379. The predicted molar refractivity (Wildman–Crippen MR) is 87.2 cm³/mol. The molecule has 0 aliphatic heterocycles. The Hall–Kier alpha value is -1.93. The van der Waals surface area contributed by atoms with Crippen molar-refractivity contribution in [2.75, 3.05) is 0 Å². The molecule has 1 unspecified atom stereocenters. The molecule has 1 atom stereocenters. The maximum absolute atomic E-state index is 13.9. The standard InChI is InChI=1S/C18H17F13O2/c1-12(2,3)33-10-6-4-9(5-7-10)11(32)8-13(19,20)14(21,22)15(23,24)16(25,26)17(27,28)18(29,30)31/h4-7,11,32H,8H2,1-3H3. The first-order chi connectivity index (χ1) is 14.3. The molecule has 0 amide bonds. The van der Waals surface area contributed by atoms with Gasteiger partial charge in [0, 0.05) is 6.42 Å². The molecule has 0 heterocycles. The van der Waals surface area contributed by atoms with Crippen LogP contribution in [0.25, 0.3) is 0 Å². The fraction of sp³-hybridized carbons (Fsp3) is 0.667. The number of aliphatic hydroxyl groups is 1. The third-order valence-corrected chi connectivity index (χ3v) is 4.14. The van der Waals surface area contributed by atoms with Crippen LogP contribution in [0.15, 0.2) is 24.3 Å². The smallest absolute Gasteiger partial charge is 0.460 e. The highest BCUT2D eigenvalue weighted by atomic mass is 19.4. The zero-order chi connectivity index (χ0) is 26.5. The molecule has 1 rings (SSSR count). The van der Waals surface area contributed by atoms with Gasteiger partial charge in [-0.15, -0.1) is 0 Å². The molecule has 0 radical (unpaired) electrons. The highest BCUT2D eigenvalue weighted by Crippen LogP contribution is 2.61. The zero-order valence-corrected chi connectivity index (χ0v) is 16.9. The molecule has 0 aromatic heterocycles. The molecule has 0 saturated carbocycles. The average Bonchev–Trinajstić information content (AvgIpc) is 2.58. The molecule has 0 fully saturated rings. The van der Waals surface area contributed by atoms with Gasteiger partial charge in [0.2, 0.25) is 0 Å². The van der Waals surface area contributed by atoms with Crippen LogP contribution < -0.4 is 4.74 Å². The van der Waals surface area contributed by atoms with E-state index in [1.165, 1.54) is 0 Å². The molecule has 2 nitrogen and oxygen atoms in total. The zero-order valence-electron chi connectivity index (χ0n) is 16.9. The second-order valence-electron chi connectivity index (χ2n) is 8.00. The van der Waals surface area contributed by atoms with Crippen LogP contribution in [-0.4, -0.2) is 46.5 Å². The van der Waals surface area contributed by atoms with Crippen molar-refractivity contribution in [3.05, 3.63) is 29.8 Å². The van der Waals surface area contributed by atoms with Crippen LogP contribution in [0.5, 0.6) is 5.75 Å². The van der Waals surface area contributed by atoms with Crippen molar-refractivity contribution in [1.29, 1.82) is 0 Å². The summed E-state index contributed by atoms with van der Waals surface area (Å²) >= 11 is 0. The lowest BCUT2D eigenvalue weighted by molar-refractivity contribution is -0.440. The number of hydrogen-bond acceptors (Lipinski definition) is 2. The molecule has 1 N–H and O–H groups in total. The van der Waals surface area contributed by atoms with Gasteiger partial charge in [0.25, 0.3) is 0 Å². The second kappa shape index (κ2) is 8.38. The summed E-state index contributed by atoms with van der Waals surface area (Å²) in [4.78, 5) is 0. The van der Waals surface area contributed by atoms with Crippen LogP contribution in [0, 0.1) is 0 Å². The van der Waals surface area contributed by atoms with Crippen LogP contribution in [0.3, 0.4) is 0 Å². The molecule has 0 bridgehead atoms. The summed E-state index contributed by atoms with van der Waals surface area (Å²) in [5.41, 5.74) is -1.37. The van der Waals surface area contributed by atoms with Crippen molar-refractivity contribution in [2.45, 2.75) is 74.7 Å². The summed E-state index contributed by atoms with van der Waals surface area (Å²) in [5, 5.41) is 9.69. The van der Waals surface area contributed by atoms with Gasteiger partial charge in [0.15, 0.2) is 0 Å². The molecule has 0 aliphatic carbocycles. The van der Waals surface area contributed by atoms with Crippen molar-refractivity contribution < 1.29 is 66.9 Å². The Balaban J connectivity index is 3.24. The van der Waals surface area contributed by atoms with E-state index >= 15 is 0 Å². The molecule has 0 aliphatic rings. The summed E-state index contributed by atoms with van der Waals surface area (Å²) in [6.07, 6.45) is -12.9. The Morgan fingerprint density at radius 1 is 0.667 bits per heavy atom. The first kappa shape index (κ1) is 29.1. The van der Waals surface area contributed by atoms with E-state index in [2.05, 4.69) is 0 Å². The van der Waals surface area contributed by atoms with Gasteiger partial charge >= 0.3 is 35.8 Å². The molecule has 15 heteroatoms. The van der Waals surface area contributed by atoms with Crippen molar-refractivity contribution in [2.24, 2.45) is 0 Å². The largest absolute Gasteiger partial charge is 0.488 e. The van der Waals surface area contributed by atoms with E-state index in [0.29, 0.717) is 0 Å². The third kappa shape index (κ3) is 5.27. The van der Waals surface area contributed by atoms with Crippen LogP contribution >= 0.6 is 0 Å². The lowest BCUT2D eigenvalue weighted by Gasteiger charge is -2.40. The van der Waals surface area contributed by atoms with Crippen LogP contribution in [0.1, 0.15) is 38.9 Å². The number of aliphatic hydroxyl groups excluding tert-OH is 1. The maximum atomic E-state index is 13.9. The lowest BCUT2D eigenvalue weighted by Crippen LogP contribution is -2.70. The van der Waals surface area contributed by atoms with Crippen LogP contribution in [0.2, 0.25) is 0 Å². The monoisotopic (exact) mass is 512 g/mol. The van der Waals surface area contributed by atoms with Crippen molar-refractivity contribution in [3.63, 3.8) is 0 Å². The Bertz CT molecular complexity index is 808. The van der Waals surface area contributed by atoms with E-state index in [-0.39, 0.29) is 5.75 Å². The normalized spacial score (nSPS) is 16.0. The Morgan fingerprint density at radius 3 is 1.42 bits per heavy atom. The Kier molecular flexibility index (Phi) is 7.39. The highest BCUT2D eigenvalue weighted by molar-refractivity contribution is 5.29. The molecule has 0 saturated heterocycles. The summed E-state index contributed by atoms with van der Waals surface area (Å²) in [6.45, 7) is 4.82. The minimum absolute atomic E-state index is 0.0936. The summed E-state index contributed by atoms with van der Waals surface area (Å²) in [5.74, 6) is -37.3. The molecule has 192 valence electrons. The van der Waals surface area contributed by atoms with Gasteiger partial charge in [-0.2, -0.15) is 57.1 Å². The SMILES string of the molecule is CC(C)(C)Oc1ccc(C(O)CC(F)(F)C(F)(F)C(F)(F)C(F)(F)C(F)(F)C(F)(F)F)cc1. The predicted octanol–water partition coefficient (Wildman–Crippen LogP) is 7.03. The van der Waals surface area contributed by atoms with Crippen LogP contribution in [-0.2, 0) is 0 Å². The molecular weight excluding hydrogens is 495 g/mol. The first-order valence-corrected chi connectivity index (χ1v) is 8.75. The van der Waals surface area contributed by atoms with Gasteiger partial charge in [0.05, 0.1) is 6.10 Å². The van der Waals surface area contributed by atoms with Gasteiger partial charge in [-0.05, 0) is 38.5 Å². The number of benzene rings is 1. The van der Waals surface area contributed by atoms with Gasteiger partial charge < -0.3 is 9.84 Å². The topological polar surface area (TPSA) is 29.5 Å². The second-order valence-corrected chi connectivity index (χ2v) is 8.00. The third-order valence-electron chi connectivity index (χ3n) is 4.14. The van der Waals surface area contributed by atoms with E-state index < -0.39 is 59.5 Å². The number of alkyl halides is 13. The summed E-state index contributed by atoms with van der Waals surface area (Å²) in [7, 11) is 0. The van der Waals surface area contributed by atoms with E-state index in [0.717, 1.165) is 24.3 Å². The maximum Gasteiger partial charge on any atom is 0.460 e. The molecular formula is C18H17F13O2. The van der Waals surface area contributed by atoms with Crippen molar-refractivity contribution in [1.82, 2.24) is 0 Å². The number of hydrogen-bond donors (Lipinski definition) is 1. The number of ether oxygens (including phenoxy) is 1. The van der Waals surface area contributed by atoms with Gasteiger partial charge in [-0.25, -0.2) is 0 Å². The van der Waals surface area contributed by atoms with Crippen molar-refractivity contribution >= 4 is 0 Å². The van der Waals surface area contributed by atoms with E-state index in [1.54, 1.807) is 20.8 Å². The van der Waals surface area contributed by atoms with E-state index in [4.69, 9.17) is 4.74 Å². The molecule has 0 spiro atoms. The lowest BCUT2D eigenvalue weighted by atomic mass is 9.90. The van der Waals surface area contributed by atoms with E-state index in [1.807, 2.05) is 0 Å². The average molecular weight is 512 g/mol. The highest BCUT2D eigenvalue weighted by Gasteiger charge is 2.90. The van der Waals surface area contributed by atoms with Crippen LogP contribution in [0.4, 0.5) is 57.1 Å². The van der Waals surface area contributed by atoms with Gasteiger partial charge in [0.1, 0.15) is 11.4 Å². The first-order valence-electron chi connectivity index (χ1n) is 8.75. The van der Waals surface area contributed by atoms with E-state index in [9.17, 15) is 62.2 Å². The van der Waals surface area contributed by atoms with Gasteiger partial charge in [-0.3, -0.25) is 0 Å².